The number of hydrogen-bond donors (Lipinski definition) is 0. The average Bonchev–Trinajstić information content (AvgIpc) is 3.91. The molecule has 0 spiro atoms. The third-order valence-electron chi connectivity index (χ3n) is 11.5. The van der Waals surface area contributed by atoms with Crippen molar-refractivity contribution in [2.24, 2.45) is 0 Å². The van der Waals surface area contributed by atoms with Crippen molar-refractivity contribution in [1.29, 1.82) is 0 Å². The Labute approximate surface area is 293 Å². The van der Waals surface area contributed by atoms with Gasteiger partial charge in [0, 0.05) is 59.9 Å². The molecule has 4 aromatic heterocycles. The van der Waals surface area contributed by atoms with Gasteiger partial charge >= 0.3 is 0 Å². The second-order valence-corrected chi connectivity index (χ2v) is 14.0. The predicted octanol–water partition coefficient (Wildman–Crippen LogP) is 12.7. The first kappa shape index (κ1) is 27.3. The Morgan fingerprint density at radius 3 is 1.69 bits per heavy atom. The fraction of sp³-hybridized carbons (Fsp3) is 0.0417. The number of benzene rings is 8. The van der Waals surface area contributed by atoms with E-state index in [2.05, 4.69) is 178 Å². The Bertz CT molecular complexity index is 3390. The minimum atomic E-state index is 1.01. The first-order valence-electron chi connectivity index (χ1n) is 17.9. The van der Waals surface area contributed by atoms with Gasteiger partial charge in [0.1, 0.15) is 0 Å². The molecule has 12 rings (SSSR count). The van der Waals surface area contributed by atoms with Crippen LogP contribution in [0.1, 0.15) is 12.5 Å². The van der Waals surface area contributed by atoms with Crippen molar-refractivity contribution < 1.29 is 0 Å². The molecule has 0 saturated heterocycles. The quantitative estimate of drug-likeness (QED) is 0.181. The highest BCUT2D eigenvalue weighted by Gasteiger charge is 2.25. The Morgan fingerprint density at radius 1 is 0.373 bits per heavy atom. The number of fused-ring (bicyclic) bond motifs is 15. The normalized spacial score (nSPS) is 12.5. The highest BCUT2D eigenvalue weighted by Crippen LogP contribution is 2.48. The first-order chi connectivity index (χ1) is 25.3. The van der Waals surface area contributed by atoms with Crippen LogP contribution in [-0.2, 0) is 6.42 Å². The third kappa shape index (κ3) is 3.43. The van der Waals surface area contributed by atoms with Crippen LogP contribution in [0.25, 0.3) is 104 Å². The van der Waals surface area contributed by atoms with Crippen LogP contribution in [0, 0.1) is 0 Å². The van der Waals surface area contributed by atoms with E-state index < -0.39 is 0 Å². The number of para-hydroxylation sites is 3. The summed E-state index contributed by atoms with van der Waals surface area (Å²) in [7, 11) is 0. The van der Waals surface area contributed by atoms with Gasteiger partial charge < -0.3 is 13.5 Å². The summed E-state index contributed by atoms with van der Waals surface area (Å²) >= 11 is 0. The monoisotopic (exact) mass is 649 g/mol. The van der Waals surface area contributed by atoms with Crippen molar-refractivity contribution in [1.82, 2.24) is 13.5 Å². The third-order valence-corrected chi connectivity index (χ3v) is 11.5. The van der Waals surface area contributed by atoms with Gasteiger partial charge in [0.25, 0.3) is 0 Å². The van der Waals surface area contributed by atoms with Crippen molar-refractivity contribution in [2.75, 3.05) is 0 Å². The van der Waals surface area contributed by atoms with Crippen molar-refractivity contribution in [2.45, 2.75) is 13.3 Å². The van der Waals surface area contributed by atoms with Gasteiger partial charge in [0.2, 0.25) is 0 Å². The van der Waals surface area contributed by atoms with Crippen molar-refractivity contribution in [3.63, 3.8) is 0 Å². The molecule has 0 aliphatic rings. The van der Waals surface area contributed by atoms with Crippen LogP contribution >= 0.6 is 0 Å². The lowest BCUT2D eigenvalue weighted by molar-refractivity contribution is 1.12. The summed E-state index contributed by atoms with van der Waals surface area (Å²) in [5.41, 5.74) is 12.5. The molecule has 12 aromatic rings. The zero-order valence-corrected chi connectivity index (χ0v) is 28.1. The minimum absolute atomic E-state index is 1.01. The standard InChI is InChI=1S/C48H31N3/c1-2-29-19-25-36-34-13-5-8-16-40(34)49(43(36)27-29)31-21-23-32(24-22-31)50-42-18-10-7-15-37(42)45-44(50)28-39-35-14-6-9-17-41(35)51-47-33-12-4-3-11-30(33)20-26-38(47)46(45)48(39)51/h3-28H,2H2,1H3. The number of hydrogen-bond acceptors (Lipinski definition) is 0. The number of nitrogens with zero attached hydrogens (tertiary/aromatic N) is 3. The molecule has 0 aliphatic heterocycles. The van der Waals surface area contributed by atoms with Crippen molar-refractivity contribution in [3.8, 4) is 11.4 Å². The lowest BCUT2D eigenvalue weighted by atomic mass is 10.00. The Kier molecular flexibility index (Phi) is 5.22. The molecule has 4 heterocycles. The molecule has 0 unspecified atom stereocenters. The molecular weight excluding hydrogens is 619 g/mol. The predicted molar refractivity (Wildman–Crippen MR) is 217 cm³/mol. The fourth-order valence-electron chi connectivity index (χ4n) is 9.31. The van der Waals surface area contributed by atoms with E-state index in [1.807, 2.05) is 0 Å². The lowest BCUT2D eigenvalue weighted by Crippen LogP contribution is -1.97. The molecule has 51 heavy (non-hydrogen) atoms. The summed E-state index contributed by atoms with van der Waals surface area (Å²) in [4.78, 5) is 0. The van der Waals surface area contributed by atoms with Crippen LogP contribution < -0.4 is 0 Å². The molecule has 0 amide bonds. The van der Waals surface area contributed by atoms with Gasteiger partial charge in [-0.1, -0.05) is 110 Å². The van der Waals surface area contributed by atoms with Crippen molar-refractivity contribution >= 4 is 92.5 Å². The van der Waals surface area contributed by atoms with Gasteiger partial charge in [-0.05, 0) is 72.0 Å². The van der Waals surface area contributed by atoms with E-state index in [9.17, 15) is 0 Å². The van der Waals surface area contributed by atoms with E-state index in [-0.39, 0.29) is 0 Å². The van der Waals surface area contributed by atoms with Crippen LogP contribution in [0.3, 0.4) is 0 Å². The molecule has 3 heteroatoms. The van der Waals surface area contributed by atoms with E-state index in [1.54, 1.807) is 0 Å². The van der Waals surface area contributed by atoms with E-state index in [0.717, 1.165) is 12.1 Å². The molecule has 0 N–H and O–H groups in total. The zero-order valence-electron chi connectivity index (χ0n) is 28.1. The molecule has 8 aromatic carbocycles. The topological polar surface area (TPSA) is 14.3 Å². The minimum Gasteiger partial charge on any atom is -0.309 e. The first-order valence-corrected chi connectivity index (χ1v) is 17.9. The highest BCUT2D eigenvalue weighted by atomic mass is 15.0. The van der Waals surface area contributed by atoms with Gasteiger partial charge in [0.05, 0.1) is 38.6 Å². The van der Waals surface area contributed by atoms with Crippen LogP contribution in [-0.4, -0.2) is 13.5 Å². The molecule has 0 aliphatic carbocycles. The molecular formula is C48H31N3. The summed E-state index contributed by atoms with van der Waals surface area (Å²) in [6.45, 7) is 2.23. The summed E-state index contributed by atoms with van der Waals surface area (Å²) < 4.78 is 7.45. The van der Waals surface area contributed by atoms with Crippen LogP contribution in [0.4, 0.5) is 0 Å². The summed E-state index contributed by atoms with van der Waals surface area (Å²) in [5.74, 6) is 0. The molecule has 0 radical (unpaired) electrons. The average molecular weight is 650 g/mol. The summed E-state index contributed by atoms with van der Waals surface area (Å²) in [5, 5.41) is 13.0. The van der Waals surface area contributed by atoms with Gasteiger partial charge in [-0.3, -0.25) is 0 Å². The Balaban J connectivity index is 1.18. The lowest BCUT2D eigenvalue weighted by Gasteiger charge is -2.12. The number of aryl methyl sites for hydroxylation is 1. The summed E-state index contributed by atoms with van der Waals surface area (Å²) in [6, 6.07) is 58.7. The van der Waals surface area contributed by atoms with E-state index >= 15 is 0 Å². The molecule has 3 nitrogen and oxygen atoms in total. The second kappa shape index (κ2) is 9.77. The van der Waals surface area contributed by atoms with E-state index in [1.165, 1.54) is 104 Å². The maximum atomic E-state index is 2.54. The maximum absolute atomic E-state index is 2.54. The largest absolute Gasteiger partial charge is 0.309 e. The molecule has 0 bridgehead atoms. The van der Waals surface area contributed by atoms with E-state index in [4.69, 9.17) is 0 Å². The second-order valence-electron chi connectivity index (χ2n) is 14.0. The fourth-order valence-corrected chi connectivity index (χ4v) is 9.31. The zero-order chi connectivity index (χ0) is 33.4. The van der Waals surface area contributed by atoms with Crippen LogP contribution in [0.5, 0.6) is 0 Å². The Hall–Kier alpha value is -6.58. The SMILES string of the molecule is CCc1ccc2c3ccccc3n(-c3ccc(-n4c5ccccc5c5c6c7ccc8ccccc8c7n7c8ccccc8c(cc54)c67)cc3)c2c1. The molecule has 238 valence electrons. The molecule has 0 atom stereocenters. The molecule has 0 saturated carbocycles. The van der Waals surface area contributed by atoms with Crippen LogP contribution in [0.2, 0.25) is 0 Å². The van der Waals surface area contributed by atoms with Gasteiger partial charge in [-0.15, -0.1) is 0 Å². The number of rotatable bonds is 3. The molecule has 0 fully saturated rings. The van der Waals surface area contributed by atoms with Crippen LogP contribution in [0.15, 0.2) is 158 Å². The van der Waals surface area contributed by atoms with Gasteiger partial charge in [0.15, 0.2) is 0 Å². The van der Waals surface area contributed by atoms with Gasteiger partial charge in [-0.25, -0.2) is 0 Å². The maximum Gasteiger partial charge on any atom is 0.0628 e. The Morgan fingerprint density at radius 2 is 0.941 bits per heavy atom. The van der Waals surface area contributed by atoms with E-state index in [0.29, 0.717) is 0 Å². The smallest absolute Gasteiger partial charge is 0.0628 e. The van der Waals surface area contributed by atoms with Crippen molar-refractivity contribution in [3.05, 3.63) is 163 Å². The number of aromatic nitrogens is 3. The highest BCUT2D eigenvalue weighted by molar-refractivity contribution is 6.37. The van der Waals surface area contributed by atoms with Gasteiger partial charge in [-0.2, -0.15) is 0 Å². The summed E-state index contributed by atoms with van der Waals surface area (Å²) in [6.07, 6.45) is 1.01.